The van der Waals surface area contributed by atoms with Gasteiger partial charge in [0.1, 0.15) is 11.4 Å². The molecular weight excluding hydrogens is 259 g/mol. The van der Waals surface area contributed by atoms with Crippen molar-refractivity contribution in [2.24, 2.45) is 5.92 Å². The average Bonchev–Trinajstić information content (AvgIpc) is 2.42. The maximum Gasteiger partial charge on any atom is 0.340 e. The fourth-order valence-electron chi connectivity index (χ4n) is 2.98. The Morgan fingerprint density at radius 2 is 2.05 bits per heavy atom. The lowest BCUT2D eigenvalue weighted by molar-refractivity contribution is 0.0698. The molecule has 110 valence electrons. The smallest absolute Gasteiger partial charge is 0.340 e. The highest BCUT2D eigenvalue weighted by atomic mass is 19.1. The van der Waals surface area contributed by atoms with E-state index in [9.17, 15) is 14.3 Å². The number of nitrogens with two attached hydrogens (primary N) is 1. The quantitative estimate of drug-likeness (QED) is 0.832. The van der Waals surface area contributed by atoms with Gasteiger partial charge in [-0.05, 0) is 30.9 Å². The molecule has 0 amide bonds. The molecule has 1 aliphatic carbocycles. The molecular formula is C15H21FN2O2. The van der Waals surface area contributed by atoms with E-state index in [1.807, 2.05) is 11.9 Å². The SMILES string of the molecule is CN(CC1CCCCC1)c1ccc(F)c(N)c1C(=O)O. The number of benzene rings is 1. The Morgan fingerprint density at radius 3 is 2.65 bits per heavy atom. The number of rotatable bonds is 4. The van der Waals surface area contributed by atoms with Crippen molar-refractivity contribution in [2.45, 2.75) is 32.1 Å². The normalized spacial score (nSPS) is 16.1. The summed E-state index contributed by atoms with van der Waals surface area (Å²) in [7, 11) is 1.84. The molecule has 1 fully saturated rings. The third kappa shape index (κ3) is 3.03. The van der Waals surface area contributed by atoms with Crippen molar-refractivity contribution in [3.8, 4) is 0 Å². The number of nitrogen functional groups attached to an aromatic ring is 1. The van der Waals surface area contributed by atoms with E-state index in [4.69, 9.17) is 5.73 Å². The van der Waals surface area contributed by atoms with Crippen LogP contribution in [0, 0.1) is 11.7 Å². The van der Waals surface area contributed by atoms with Gasteiger partial charge in [0, 0.05) is 13.6 Å². The molecule has 0 heterocycles. The molecule has 20 heavy (non-hydrogen) atoms. The van der Waals surface area contributed by atoms with E-state index in [0.29, 0.717) is 11.6 Å². The minimum Gasteiger partial charge on any atom is -0.478 e. The Balaban J connectivity index is 2.22. The number of halogens is 1. The van der Waals surface area contributed by atoms with E-state index in [-0.39, 0.29) is 11.3 Å². The van der Waals surface area contributed by atoms with Crippen LogP contribution in [-0.2, 0) is 0 Å². The van der Waals surface area contributed by atoms with E-state index >= 15 is 0 Å². The number of hydrogen-bond acceptors (Lipinski definition) is 3. The van der Waals surface area contributed by atoms with Crippen molar-refractivity contribution in [1.29, 1.82) is 0 Å². The first-order chi connectivity index (χ1) is 9.50. The van der Waals surface area contributed by atoms with Crippen molar-refractivity contribution in [3.05, 3.63) is 23.5 Å². The molecule has 0 spiro atoms. The van der Waals surface area contributed by atoms with Crippen molar-refractivity contribution in [2.75, 3.05) is 24.2 Å². The maximum absolute atomic E-state index is 13.4. The van der Waals surface area contributed by atoms with Gasteiger partial charge in [-0.2, -0.15) is 0 Å². The average molecular weight is 280 g/mol. The zero-order valence-corrected chi connectivity index (χ0v) is 11.7. The molecule has 1 aromatic carbocycles. The highest BCUT2D eigenvalue weighted by molar-refractivity contribution is 6.00. The zero-order valence-electron chi connectivity index (χ0n) is 11.7. The van der Waals surface area contributed by atoms with Crippen LogP contribution in [0.2, 0.25) is 0 Å². The lowest BCUT2D eigenvalue weighted by atomic mass is 9.89. The van der Waals surface area contributed by atoms with E-state index in [1.165, 1.54) is 44.2 Å². The van der Waals surface area contributed by atoms with E-state index < -0.39 is 11.8 Å². The summed E-state index contributed by atoms with van der Waals surface area (Å²) in [5.74, 6) is -1.30. The molecule has 2 rings (SSSR count). The van der Waals surface area contributed by atoms with Gasteiger partial charge in [0.25, 0.3) is 0 Å². The summed E-state index contributed by atoms with van der Waals surface area (Å²) in [4.78, 5) is 13.2. The van der Waals surface area contributed by atoms with Gasteiger partial charge < -0.3 is 15.7 Å². The number of anilines is 2. The van der Waals surface area contributed by atoms with Gasteiger partial charge in [-0.1, -0.05) is 19.3 Å². The molecule has 0 saturated heterocycles. The van der Waals surface area contributed by atoms with E-state index in [0.717, 1.165) is 6.54 Å². The Hall–Kier alpha value is -1.78. The summed E-state index contributed by atoms with van der Waals surface area (Å²) >= 11 is 0. The first kappa shape index (κ1) is 14.6. The van der Waals surface area contributed by atoms with Crippen LogP contribution in [0.1, 0.15) is 42.5 Å². The molecule has 0 aliphatic heterocycles. The minimum absolute atomic E-state index is 0.136. The molecule has 5 heteroatoms. The molecule has 0 atom stereocenters. The van der Waals surface area contributed by atoms with Crippen LogP contribution in [0.3, 0.4) is 0 Å². The number of aromatic carboxylic acids is 1. The van der Waals surface area contributed by atoms with Gasteiger partial charge >= 0.3 is 5.97 Å². The first-order valence-corrected chi connectivity index (χ1v) is 7.03. The minimum atomic E-state index is -1.19. The fraction of sp³-hybridized carbons (Fsp3) is 0.533. The van der Waals surface area contributed by atoms with Gasteiger partial charge in [-0.25, -0.2) is 9.18 Å². The van der Waals surface area contributed by atoms with Crippen molar-refractivity contribution in [1.82, 2.24) is 0 Å². The Kier molecular flexibility index (Phi) is 4.47. The molecule has 1 saturated carbocycles. The van der Waals surface area contributed by atoms with Crippen molar-refractivity contribution >= 4 is 17.3 Å². The third-order valence-corrected chi connectivity index (χ3v) is 4.05. The van der Waals surface area contributed by atoms with Crippen LogP contribution >= 0.6 is 0 Å². The zero-order chi connectivity index (χ0) is 14.7. The van der Waals surface area contributed by atoms with Crippen LogP contribution in [0.25, 0.3) is 0 Å². The van der Waals surface area contributed by atoms with Crippen molar-refractivity contribution in [3.63, 3.8) is 0 Å². The third-order valence-electron chi connectivity index (χ3n) is 4.05. The Morgan fingerprint density at radius 1 is 1.40 bits per heavy atom. The number of hydrogen-bond donors (Lipinski definition) is 2. The monoisotopic (exact) mass is 280 g/mol. The molecule has 3 N–H and O–H groups in total. The lowest BCUT2D eigenvalue weighted by Crippen LogP contribution is -2.28. The fourth-order valence-corrected chi connectivity index (χ4v) is 2.98. The van der Waals surface area contributed by atoms with Crippen LogP contribution in [0.15, 0.2) is 12.1 Å². The summed E-state index contributed by atoms with van der Waals surface area (Å²) in [6.45, 7) is 0.783. The highest BCUT2D eigenvalue weighted by Gasteiger charge is 2.22. The predicted octanol–water partition coefficient (Wildman–Crippen LogP) is 3.12. The van der Waals surface area contributed by atoms with Gasteiger partial charge in [-0.15, -0.1) is 0 Å². The number of carbonyl (C=O) groups is 1. The molecule has 1 aliphatic rings. The molecule has 4 nitrogen and oxygen atoms in total. The first-order valence-electron chi connectivity index (χ1n) is 7.03. The molecule has 0 radical (unpaired) electrons. The molecule has 0 unspecified atom stereocenters. The number of carboxylic acids is 1. The summed E-state index contributed by atoms with van der Waals surface area (Å²) in [5, 5.41) is 9.25. The standard InChI is InChI=1S/C15H21FN2O2/c1-18(9-10-5-3-2-4-6-10)12-8-7-11(16)14(17)13(12)15(19)20/h7-8,10H,2-6,9,17H2,1H3,(H,19,20). The molecule has 0 bridgehead atoms. The number of carboxylic acid groups (broad SMARTS) is 1. The lowest BCUT2D eigenvalue weighted by Gasteiger charge is -2.29. The van der Waals surface area contributed by atoms with Crippen LogP contribution in [0.4, 0.5) is 15.8 Å². The second kappa shape index (κ2) is 6.11. The van der Waals surface area contributed by atoms with Crippen LogP contribution in [0.5, 0.6) is 0 Å². The van der Waals surface area contributed by atoms with Gasteiger partial charge in [0.2, 0.25) is 0 Å². The topological polar surface area (TPSA) is 66.6 Å². The van der Waals surface area contributed by atoms with E-state index in [1.54, 1.807) is 0 Å². The Bertz CT molecular complexity index is 499. The maximum atomic E-state index is 13.4. The van der Waals surface area contributed by atoms with Crippen LogP contribution in [-0.4, -0.2) is 24.7 Å². The summed E-state index contributed by atoms with van der Waals surface area (Å²) in [6, 6.07) is 2.73. The summed E-state index contributed by atoms with van der Waals surface area (Å²) in [5.41, 5.74) is 5.64. The molecule has 1 aromatic rings. The number of nitrogens with zero attached hydrogens (tertiary/aromatic N) is 1. The second-order valence-corrected chi connectivity index (χ2v) is 5.54. The highest BCUT2D eigenvalue weighted by Crippen LogP contribution is 2.30. The second-order valence-electron chi connectivity index (χ2n) is 5.54. The predicted molar refractivity (Wildman–Crippen MR) is 77.6 cm³/mol. The van der Waals surface area contributed by atoms with Gasteiger partial charge in [0.15, 0.2) is 0 Å². The van der Waals surface area contributed by atoms with E-state index in [2.05, 4.69) is 0 Å². The molecule has 0 aromatic heterocycles. The largest absolute Gasteiger partial charge is 0.478 e. The summed E-state index contributed by atoms with van der Waals surface area (Å²) in [6.07, 6.45) is 6.09. The van der Waals surface area contributed by atoms with Gasteiger partial charge in [-0.3, -0.25) is 0 Å². The Labute approximate surface area is 118 Å². The van der Waals surface area contributed by atoms with Crippen molar-refractivity contribution < 1.29 is 14.3 Å². The summed E-state index contributed by atoms with van der Waals surface area (Å²) < 4.78 is 13.4. The van der Waals surface area contributed by atoms with Gasteiger partial charge in [0.05, 0.1) is 11.4 Å². The van der Waals surface area contributed by atoms with Crippen LogP contribution < -0.4 is 10.6 Å².